The zero-order chi connectivity index (χ0) is 15.2. The molecule has 1 aliphatic rings. The van der Waals surface area contributed by atoms with Gasteiger partial charge < -0.3 is 15.0 Å². The van der Waals surface area contributed by atoms with Gasteiger partial charge in [0.05, 0.1) is 24.5 Å². The van der Waals surface area contributed by atoms with Gasteiger partial charge in [0, 0.05) is 26.4 Å². The molecular weight excluding hydrogens is 268 g/mol. The average molecular weight is 294 g/mol. The summed E-state index contributed by atoms with van der Waals surface area (Å²) in [7, 11) is 1.82. The van der Waals surface area contributed by atoms with Crippen molar-refractivity contribution >= 4 is 11.7 Å². The number of aromatic nitrogens is 2. The molecule has 0 saturated carbocycles. The molecule has 118 valence electrons. The highest BCUT2D eigenvalue weighted by Crippen LogP contribution is 2.15. The number of urea groups is 1. The highest BCUT2D eigenvalue weighted by Gasteiger charge is 2.17. The molecule has 2 amide bonds. The van der Waals surface area contributed by atoms with Crippen molar-refractivity contribution in [1.29, 1.82) is 0 Å². The molecule has 0 bridgehead atoms. The lowest BCUT2D eigenvalue weighted by Gasteiger charge is -2.20. The van der Waals surface area contributed by atoms with Gasteiger partial charge >= 0.3 is 6.03 Å². The van der Waals surface area contributed by atoms with Gasteiger partial charge in [0.1, 0.15) is 0 Å². The van der Waals surface area contributed by atoms with Gasteiger partial charge in [-0.15, -0.1) is 0 Å². The summed E-state index contributed by atoms with van der Waals surface area (Å²) in [5.74, 6) is 0.503. The molecule has 2 rings (SSSR count). The Labute approximate surface area is 126 Å². The standard InChI is InChI=1S/C15H26N4O2/c1-4-12(2)9-18(3)15(20)17-13-8-16-19(10-13)11-14-6-5-7-21-14/h8,10,12,14H,4-7,9,11H2,1-3H3,(H,17,20)/t12-,14-/m0/s1. The van der Waals surface area contributed by atoms with Gasteiger partial charge in [-0.1, -0.05) is 20.3 Å². The zero-order valence-electron chi connectivity index (χ0n) is 13.2. The highest BCUT2D eigenvalue weighted by atomic mass is 16.5. The van der Waals surface area contributed by atoms with Crippen LogP contribution in [0.5, 0.6) is 0 Å². The number of ether oxygens (including phenoxy) is 1. The molecule has 6 nitrogen and oxygen atoms in total. The molecule has 6 heteroatoms. The fourth-order valence-corrected chi connectivity index (χ4v) is 2.42. The molecule has 2 heterocycles. The van der Waals surface area contributed by atoms with Crippen molar-refractivity contribution in [2.45, 2.75) is 45.8 Å². The SMILES string of the molecule is CC[C@H](C)CN(C)C(=O)Nc1cnn(C[C@@H]2CCCO2)c1. The quantitative estimate of drug-likeness (QED) is 0.877. The summed E-state index contributed by atoms with van der Waals surface area (Å²) in [6.45, 7) is 6.62. The molecule has 1 aliphatic heterocycles. The molecule has 1 aromatic heterocycles. The Kier molecular flexibility index (Phi) is 5.61. The van der Waals surface area contributed by atoms with E-state index >= 15 is 0 Å². The van der Waals surface area contributed by atoms with E-state index in [0.29, 0.717) is 5.92 Å². The highest BCUT2D eigenvalue weighted by molar-refractivity contribution is 5.88. The first-order valence-electron chi connectivity index (χ1n) is 7.74. The number of nitrogens with one attached hydrogen (secondary N) is 1. The van der Waals surface area contributed by atoms with Crippen LogP contribution in [0.25, 0.3) is 0 Å². The first kappa shape index (κ1) is 15.8. The van der Waals surface area contributed by atoms with Crippen LogP contribution < -0.4 is 5.32 Å². The number of hydrogen-bond donors (Lipinski definition) is 1. The molecule has 2 atom stereocenters. The Morgan fingerprint density at radius 2 is 2.48 bits per heavy atom. The molecule has 1 saturated heterocycles. The van der Waals surface area contributed by atoms with Crippen LogP contribution in [0.15, 0.2) is 12.4 Å². The number of anilines is 1. The minimum Gasteiger partial charge on any atom is -0.376 e. The van der Waals surface area contributed by atoms with Crippen LogP contribution in [0.2, 0.25) is 0 Å². The Morgan fingerprint density at radius 1 is 1.67 bits per heavy atom. The van der Waals surface area contributed by atoms with Gasteiger partial charge in [0.15, 0.2) is 0 Å². The van der Waals surface area contributed by atoms with Crippen LogP contribution in [0.4, 0.5) is 10.5 Å². The summed E-state index contributed by atoms with van der Waals surface area (Å²) in [4.78, 5) is 13.8. The van der Waals surface area contributed by atoms with E-state index in [2.05, 4.69) is 24.3 Å². The molecule has 0 unspecified atom stereocenters. The monoisotopic (exact) mass is 294 g/mol. The largest absolute Gasteiger partial charge is 0.376 e. The van der Waals surface area contributed by atoms with E-state index in [9.17, 15) is 4.79 Å². The van der Waals surface area contributed by atoms with E-state index in [0.717, 1.165) is 44.6 Å². The maximum absolute atomic E-state index is 12.1. The lowest BCUT2D eigenvalue weighted by molar-refractivity contribution is 0.0940. The van der Waals surface area contributed by atoms with Crippen molar-refractivity contribution in [1.82, 2.24) is 14.7 Å². The maximum atomic E-state index is 12.1. The summed E-state index contributed by atoms with van der Waals surface area (Å²) >= 11 is 0. The predicted molar refractivity (Wildman–Crippen MR) is 82.3 cm³/mol. The molecule has 1 fully saturated rings. The number of hydrogen-bond acceptors (Lipinski definition) is 3. The molecule has 1 aromatic rings. The van der Waals surface area contributed by atoms with Gasteiger partial charge in [-0.2, -0.15) is 5.10 Å². The zero-order valence-corrected chi connectivity index (χ0v) is 13.2. The Hall–Kier alpha value is -1.56. The Bertz CT molecular complexity index is 454. The molecule has 0 aliphatic carbocycles. The van der Waals surface area contributed by atoms with E-state index < -0.39 is 0 Å². The second-order valence-corrected chi connectivity index (χ2v) is 5.91. The van der Waals surface area contributed by atoms with Gasteiger partial charge in [-0.3, -0.25) is 4.68 Å². The summed E-state index contributed by atoms with van der Waals surface area (Å²) in [5.41, 5.74) is 0.731. The fourth-order valence-electron chi connectivity index (χ4n) is 2.42. The summed E-state index contributed by atoms with van der Waals surface area (Å²) in [5, 5.41) is 7.15. The average Bonchev–Trinajstić information content (AvgIpc) is 3.11. The van der Waals surface area contributed by atoms with Crippen LogP contribution in [0.1, 0.15) is 33.1 Å². The van der Waals surface area contributed by atoms with Crippen LogP contribution in [0.3, 0.4) is 0 Å². The Balaban J connectivity index is 1.82. The smallest absolute Gasteiger partial charge is 0.321 e. The lowest BCUT2D eigenvalue weighted by Crippen LogP contribution is -2.34. The topological polar surface area (TPSA) is 59.4 Å². The van der Waals surface area contributed by atoms with Crippen molar-refractivity contribution in [2.24, 2.45) is 5.92 Å². The van der Waals surface area contributed by atoms with E-state index in [1.807, 2.05) is 17.9 Å². The van der Waals surface area contributed by atoms with Crippen molar-refractivity contribution in [3.8, 4) is 0 Å². The number of rotatable bonds is 6. The van der Waals surface area contributed by atoms with E-state index in [1.54, 1.807) is 11.1 Å². The van der Waals surface area contributed by atoms with E-state index in [4.69, 9.17) is 4.74 Å². The van der Waals surface area contributed by atoms with E-state index in [-0.39, 0.29) is 12.1 Å². The molecule has 0 radical (unpaired) electrons. The van der Waals surface area contributed by atoms with Gasteiger partial charge in [-0.05, 0) is 18.8 Å². The summed E-state index contributed by atoms with van der Waals surface area (Å²) in [6, 6.07) is -0.0908. The van der Waals surface area contributed by atoms with Crippen molar-refractivity contribution in [2.75, 3.05) is 25.5 Å². The number of carbonyl (C=O) groups is 1. The number of nitrogens with zero attached hydrogens (tertiary/aromatic N) is 3. The number of amides is 2. The molecular formula is C15H26N4O2. The van der Waals surface area contributed by atoms with Gasteiger partial charge in [0.2, 0.25) is 0 Å². The summed E-state index contributed by atoms with van der Waals surface area (Å²) < 4.78 is 7.42. The minimum atomic E-state index is -0.0908. The number of carbonyl (C=O) groups excluding carboxylic acids is 1. The molecule has 0 aromatic carbocycles. The first-order valence-corrected chi connectivity index (χ1v) is 7.74. The van der Waals surface area contributed by atoms with E-state index in [1.165, 1.54) is 0 Å². The molecule has 0 spiro atoms. The normalized spacial score (nSPS) is 19.5. The van der Waals surface area contributed by atoms with Crippen molar-refractivity contribution in [3.05, 3.63) is 12.4 Å². The minimum absolute atomic E-state index is 0.0908. The van der Waals surface area contributed by atoms with Crippen LogP contribution in [-0.2, 0) is 11.3 Å². The third-order valence-corrected chi connectivity index (χ3v) is 3.93. The van der Waals surface area contributed by atoms with Gasteiger partial charge in [-0.25, -0.2) is 4.79 Å². The first-order chi connectivity index (χ1) is 10.1. The third-order valence-electron chi connectivity index (χ3n) is 3.93. The third kappa shape index (κ3) is 4.74. The molecule has 21 heavy (non-hydrogen) atoms. The van der Waals surface area contributed by atoms with Crippen LogP contribution >= 0.6 is 0 Å². The van der Waals surface area contributed by atoms with Crippen molar-refractivity contribution < 1.29 is 9.53 Å². The van der Waals surface area contributed by atoms with Crippen LogP contribution in [0, 0.1) is 5.92 Å². The lowest BCUT2D eigenvalue weighted by atomic mass is 10.1. The second-order valence-electron chi connectivity index (χ2n) is 5.91. The maximum Gasteiger partial charge on any atom is 0.321 e. The summed E-state index contributed by atoms with van der Waals surface area (Å²) in [6.07, 6.45) is 7.06. The predicted octanol–water partition coefficient (Wildman–Crippen LogP) is 2.57. The Morgan fingerprint density at radius 3 is 3.14 bits per heavy atom. The van der Waals surface area contributed by atoms with Crippen LogP contribution in [-0.4, -0.2) is 47.0 Å². The molecule has 1 N–H and O–H groups in total. The second kappa shape index (κ2) is 7.45. The van der Waals surface area contributed by atoms with Crippen molar-refractivity contribution in [3.63, 3.8) is 0 Å². The van der Waals surface area contributed by atoms with Gasteiger partial charge in [0.25, 0.3) is 0 Å². The fraction of sp³-hybridized carbons (Fsp3) is 0.733.